The molecule has 1 aromatic carbocycles. The van der Waals surface area contributed by atoms with E-state index in [4.69, 9.17) is 4.74 Å². The molecule has 0 aliphatic carbocycles. The molecule has 1 aliphatic rings. The van der Waals surface area contributed by atoms with Crippen LogP contribution in [-0.4, -0.2) is 43.7 Å². The van der Waals surface area contributed by atoms with E-state index in [-0.39, 0.29) is 6.10 Å². The number of rotatable bonds is 7. The summed E-state index contributed by atoms with van der Waals surface area (Å²) in [4.78, 5) is 2.45. The molecule has 2 atom stereocenters. The zero-order chi connectivity index (χ0) is 15.1. The number of benzene rings is 1. The molecule has 1 aromatic rings. The Morgan fingerprint density at radius 1 is 1.24 bits per heavy atom. The van der Waals surface area contributed by atoms with Crippen molar-refractivity contribution in [2.45, 2.75) is 51.3 Å². The van der Waals surface area contributed by atoms with Crippen molar-refractivity contribution in [3.8, 4) is 0 Å². The second-order valence-electron chi connectivity index (χ2n) is 6.43. The lowest BCUT2D eigenvalue weighted by molar-refractivity contribution is 0.00229. The largest absolute Gasteiger partial charge is 0.371 e. The molecule has 1 N–H and O–H groups in total. The van der Waals surface area contributed by atoms with E-state index in [1.54, 1.807) is 0 Å². The fourth-order valence-electron chi connectivity index (χ4n) is 2.87. The van der Waals surface area contributed by atoms with Crippen LogP contribution in [0.25, 0.3) is 0 Å². The van der Waals surface area contributed by atoms with Crippen molar-refractivity contribution in [1.82, 2.24) is 10.2 Å². The van der Waals surface area contributed by atoms with Crippen molar-refractivity contribution in [2.24, 2.45) is 0 Å². The normalized spacial score (nSPS) is 21.6. The quantitative estimate of drug-likeness (QED) is 0.834. The minimum absolute atomic E-state index is 0.143. The maximum atomic E-state index is 6.28. The topological polar surface area (TPSA) is 24.5 Å². The molecule has 2 unspecified atom stereocenters. The summed E-state index contributed by atoms with van der Waals surface area (Å²) in [6.45, 7) is 7.26. The van der Waals surface area contributed by atoms with Gasteiger partial charge in [0, 0.05) is 18.6 Å². The maximum absolute atomic E-state index is 6.28. The molecule has 1 heterocycles. The van der Waals surface area contributed by atoms with Gasteiger partial charge in [0.1, 0.15) is 0 Å². The lowest BCUT2D eigenvalue weighted by atomic mass is 10.0. The molecule has 1 saturated heterocycles. The van der Waals surface area contributed by atoms with Gasteiger partial charge in [0.2, 0.25) is 0 Å². The van der Waals surface area contributed by atoms with Gasteiger partial charge >= 0.3 is 0 Å². The van der Waals surface area contributed by atoms with Crippen molar-refractivity contribution < 1.29 is 4.74 Å². The number of nitrogens with one attached hydrogen (secondary N) is 1. The summed E-state index contributed by atoms with van der Waals surface area (Å²) >= 11 is 0. The van der Waals surface area contributed by atoms with Crippen LogP contribution >= 0.6 is 0 Å². The van der Waals surface area contributed by atoms with Gasteiger partial charge in [0.05, 0.1) is 12.7 Å². The standard InChI is InChI=1S/C18H30N2O/c1-15(2)19-13-18(16-9-5-4-6-10-16)21-14-17-11-7-8-12-20(17)3/h4-6,9-10,15,17-19H,7-8,11-14H2,1-3H3. The molecule has 1 aliphatic heterocycles. The summed E-state index contributed by atoms with van der Waals surface area (Å²) < 4.78 is 6.28. The number of hydrogen-bond donors (Lipinski definition) is 1. The number of likely N-dealkylation sites (tertiary alicyclic amines) is 1. The summed E-state index contributed by atoms with van der Waals surface area (Å²) in [5.74, 6) is 0. The van der Waals surface area contributed by atoms with Gasteiger partial charge in [0.15, 0.2) is 0 Å². The highest BCUT2D eigenvalue weighted by molar-refractivity contribution is 5.18. The molecule has 0 amide bonds. The van der Waals surface area contributed by atoms with Crippen molar-refractivity contribution in [1.29, 1.82) is 0 Å². The van der Waals surface area contributed by atoms with Gasteiger partial charge < -0.3 is 15.0 Å². The van der Waals surface area contributed by atoms with Gasteiger partial charge in [-0.15, -0.1) is 0 Å². The highest BCUT2D eigenvalue weighted by atomic mass is 16.5. The Morgan fingerprint density at radius 3 is 2.67 bits per heavy atom. The highest BCUT2D eigenvalue weighted by Gasteiger charge is 2.21. The average molecular weight is 290 g/mol. The minimum Gasteiger partial charge on any atom is -0.371 e. The maximum Gasteiger partial charge on any atom is 0.0950 e. The Kier molecular flexibility index (Phi) is 6.68. The molecule has 0 spiro atoms. The fourth-order valence-corrected chi connectivity index (χ4v) is 2.87. The van der Waals surface area contributed by atoms with E-state index in [2.05, 4.69) is 61.4 Å². The number of nitrogens with zero attached hydrogens (tertiary/aromatic N) is 1. The molecule has 2 rings (SSSR count). The van der Waals surface area contributed by atoms with Gasteiger partial charge in [-0.3, -0.25) is 0 Å². The predicted molar refractivity (Wildman–Crippen MR) is 88.5 cm³/mol. The van der Waals surface area contributed by atoms with Crippen LogP contribution in [0.4, 0.5) is 0 Å². The van der Waals surface area contributed by atoms with E-state index in [0.717, 1.165) is 13.2 Å². The first kappa shape index (κ1) is 16.5. The predicted octanol–water partition coefficient (Wildman–Crippen LogP) is 3.23. The van der Waals surface area contributed by atoms with Crippen LogP contribution in [0, 0.1) is 0 Å². The fraction of sp³-hybridized carbons (Fsp3) is 0.667. The lowest BCUT2D eigenvalue weighted by Crippen LogP contribution is -2.40. The molecule has 3 heteroatoms. The van der Waals surface area contributed by atoms with Gasteiger partial charge in [-0.2, -0.15) is 0 Å². The molecule has 118 valence electrons. The van der Waals surface area contributed by atoms with Crippen LogP contribution in [0.1, 0.15) is 44.8 Å². The van der Waals surface area contributed by atoms with Crippen LogP contribution in [0.3, 0.4) is 0 Å². The monoisotopic (exact) mass is 290 g/mol. The van der Waals surface area contributed by atoms with Crippen molar-refractivity contribution >= 4 is 0 Å². The summed E-state index contributed by atoms with van der Waals surface area (Å²) in [6.07, 6.45) is 4.06. The first-order valence-electron chi connectivity index (χ1n) is 8.27. The summed E-state index contributed by atoms with van der Waals surface area (Å²) in [6, 6.07) is 11.6. The molecule has 21 heavy (non-hydrogen) atoms. The van der Waals surface area contributed by atoms with E-state index < -0.39 is 0 Å². The Morgan fingerprint density at radius 2 is 2.00 bits per heavy atom. The lowest BCUT2D eigenvalue weighted by Gasteiger charge is -2.33. The van der Waals surface area contributed by atoms with Gasteiger partial charge in [-0.05, 0) is 32.0 Å². The van der Waals surface area contributed by atoms with Crippen LogP contribution in [0.2, 0.25) is 0 Å². The Hall–Kier alpha value is -0.900. The Bertz CT molecular complexity index is 393. The van der Waals surface area contributed by atoms with Gasteiger partial charge in [-0.25, -0.2) is 0 Å². The summed E-state index contributed by atoms with van der Waals surface area (Å²) in [5, 5.41) is 3.50. The third-order valence-corrected chi connectivity index (χ3v) is 4.29. The molecule has 0 saturated carbocycles. The van der Waals surface area contributed by atoms with E-state index in [1.165, 1.54) is 31.4 Å². The van der Waals surface area contributed by atoms with E-state index >= 15 is 0 Å². The van der Waals surface area contributed by atoms with E-state index in [9.17, 15) is 0 Å². The first-order valence-corrected chi connectivity index (χ1v) is 8.27. The van der Waals surface area contributed by atoms with Crippen molar-refractivity contribution in [2.75, 3.05) is 26.7 Å². The van der Waals surface area contributed by atoms with Crippen molar-refractivity contribution in [3.63, 3.8) is 0 Å². The molecular weight excluding hydrogens is 260 g/mol. The molecule has 3 nitrogen and oxygen atoms in total. The molecule has 0 bridgehead atoms. The second kappa shape index (κ2) is 8.52. The zero-order valence-corrected chi connectivity index (χ0v) is 13.7. The molecule has 0 radical (unpaired) electrons. The second-order valence-corrected chi connectivity index (χ2v) is 6.43. The first-order chi connectivity index (χ1) is 10.2. The van der Waals surface area contributed by atoms with E-state index in [0.29, 0.717) is 12.1 Å². The Balaban J connectivity index is 1.92. The third-order valence-electron chi connectivity index (χ3n) is 4.29. The number of likely N-dealkylation sites (N-methyl/N-ethyl adjacent to an activating group) is 1. The molecular formula is C18H30N2O. The van der Waals surface area contributed by atoms with Crippen LogP contribution < -0.4 is 5.32 Å². The van der Waals surface area contributed by atoms with Crippen LogP contribution in [0.15, 0.2) is 30.3 Å². The van der Waals surface area contributed by atoms with Crippen LogP contribution in [-0.2, 0) is 4.74 Å². The average Bonchev–Trinajstić information content (AvgIpc) is 2.49. The Labute approximate surface area is 129 Å². The smallest absolute Gasteiger partial charge is 0.0950 e. The number of hydrogen-bond acceptors (Lipinski definition) is 3. The summed E-state index contributed by atoms with van der Waals surface area (Å²) in [7, 11) is 2.22. The van der Waals surface area contributed by atoms with Crippen LogP contribution in [0.5, 0.6) is 0 Å². The molecule has 0 aromatic heterocycles. The highest BCUT2D eigenvalue weighted by Crippen LogP contribution is 2.20. The SMILES string of the molecule is CC(C)NCC(OCC1CCCCN1C)c1ccccc1. The summed E-state index contributed by atoms with van der Waals surface area (Å²) in [5.41, 5.74) is 1.27. The third kappa shape index (κ3) is 5.42. The van der Waals surface area contributed by atoms with Crippen molar-refractivity contribution in [3.05, 3.63) is 35.9 Å². The number of ether oxygens (including phenoxy) is 1. The van der Waals surface area contributed by atoms with Gasteiger partial charge in [-0.1, -0.05) is 50.6 Å². The zero-order valence-electron chi connectivity index (χ0n) is 13.7. The minimum atomic E-state index is 0.143. The van der Waals surface area contributed by atoms with Gasteiger partial charge in [0.25, 0.3) is 0 Å². The van der Waals surface area contributed by atoms with E-state index in [1.807, 2.05) is 0 Å². The number of piperidine rings is 1. The molecule has 1 fully saturated rings.